The predicted octanol–water partition coefficient (Wildman–Crippen LogP) is 0.741. The molecular weight excluding hydrogens is 126 g/mol. The third-order valence-corrected chi connectivity index (χ3v) is 2.88. The van der Waals surface area contributed by atoms with Gasteiger partial charge in [0.05, 0.1) is 5.60 Å². The van der Waals surface area contributed by atoms with E-state index in [4.69, 9.17) is 5.73 Å². The molecule has 1 saturated carbocycles. The maximum absolute atomic E-state index is 9.54. The number of rotatable bonds is 2. The van der Waals surface area contributed by atoms with Gasteiger partial charge in [0.15, 0.2) is 0 Å². The smallest absolute Gasteiger partial charge is 0.0820 e. The highest BCUT2D eigenvalue weighted by Gasteiger charge is 2.59. The number of hydrogen-bond acceptors (Lipinski definition) is 2. The lowest BCUT2D eigenvalue weighted by Crippen LogP contribution is -2.14. The Morgan fingerprint density at radius 3 is 2.20 bits per heavy atom. The van der Waals surface area contributed by atoms with Crippen LogP contribution < -0.4 is 5.73 Å². The predicted molar refractivity (Wildman–Crippen MR) is 41.5 cm³/mol. The molecule has 4 unspecified atom stereocenters. The summed E-state index contributed by atoms with van der Waals surface area (Å²) in [7, 11) is 0. The molecule has 0 aromatic rings. The van der Waals surface area contributed by atoms with Crippen molar-refractivity contribution in [3.8, 4) is 0 Å². The molecule has 0 spiro atoms. The van der Waals surface area contributed by atoms with Gasteiger partial charge in [-0.2, -0.15) is 0 Å². The SMILES string of the molecule is CCC(C)C1C(N)C1(C)O. The Morgan fingerprint density at radius 2 is 2.10 bits per heavy atom. The van der Waals surface area contributed by atoms with Gasteiger partial charge in [0.1, 0.15) is 0 Å². The van der Waals surface area contributed by atoms with E-state index < -0.39 is 5.60 Å². The van der Waals surface area contributed by atoms with Crippen molar-refractivity contribution >= 4 is 0 Å². The molecule has 0 aromatic carbocycles. The van der Waals surface area contributed by atoms with Gasteiger partial charge in [-0.3, -0.25) is 0 Å². The Balaban J connectivity index is 2.48. The summed E-state index contributed by atoms with van der Waals surface area (Å²) in [4.78, 5) is 0. The molecule has 0 amide bonds. The molecule has 1 aliphatic rings. The molecule has 0 saturated heterocycles. The fraction of sp³-hybridized carbons (Fsp3) is 1.00. The Morgan fingerprint density at radius 1 is 1.70 bits per heavy atom. The van der Waals surface area contributed by atoms with E-state index in [1.165, 1.54) is 0 Å². The van der Waals surface area contributed by atoms with Crippen molar-refractivity contribution < 1.29 is 5.11 Å². The molecule has 0 radical (unpaired) electrons. The first kappa shape index (κ1) is 8.02. The summed E-state index contributed by atoms with van der Waals surface area (Å²) in [5.74, 6) is 0.891. The fourth-order valence-corrected chi connectivity index (χ4v) is 1.75. The quantitative estimate of drug-likeness (QED) is 0.599. The molecule has 10 heavy (non-hydrogen) atoms. The van der Waals surface area contributed by atoms with Crippen molar-refractivity contribution in [2.24, 2.45) is 17.6 Å². The Hall–Kier alpha value is -0.0800. The number of aliphatic hydroxyl groups is 1. The van der Waals surface area contributed by atoms with E-state index in [1.807, 2.05) is 6.92 Å². The van der Waals surface area contributed by atoms with Crippen LogP contribution in [0, 0.1) is 11.8 Å². The second-order valence-electron chi connectivity index (χ2n) is 3.66. The molecule has 1 fully saturated rings. The summed E-state index contributed by atoms with van der Waals surface area (Å²) in [5, 5.41) is 9.54. The first-order valence-corrected chi connectivity index (χ1v) is 3.99. The highest BCUT2D eigenvalue weighted by molar-refractivity contribution is 5.14. The zero-order valence-corrected chi connectivity index (χ0v) is 6.96. The van der Waals surface area contributed by atoms with Gasteiger partial charge >= 0.3 is 0 Å². The van der Waals surface area contributed by atoms with Gasteiger partial charge in [0, 0.05) is 12.0 Å². The van der Waals surface area contributed by atoms with Crippen molar-refractivity contribution in [1.29, 1.82) is 0 Å². The van der Waals surface area contributed by atoms with E-state index in [1.54, 1.807) is 0 Å². The topological polar surface area (TPSA) is 46.2 Å². The van der Waals surface area contributed by atoms with Gasteiger partial charge < -0.3 is 10.8 Å². The van der Waals surface area contributed by atoms with Crippen molar-refractivity contribution in [1.82, 2.24) is 0 Å². The Bertz CT molecular complexity index is 133. The molecule has 1 rings (SSSR count). The summed E-state index contributed by atoms with van der Waals surface area (Å²) >= 11 is 0. The van der Waals surface area contributed by atoms with Crippen LogP contribution in [0.25, 0.3) is 0 Å². The average Bonchev–Trinajstić information content (AvgIpc) is 2.33. The van der Waals surface area contributed by atoms with E-state index >= 15 is 0 Å². The van der Waals surface area contributed by atoms with Crippen LogP contribution in [0.3, 0.4) is 0 Å². The second-order valence-corrected chi connectivity index (χ2v) is 3.66. The van der Waals surface area contributed by atoms with Crippen LogP contribution in [0.2, 0.25) is 0 Å². The minimum absolute atomic E-state index is 0.0162. The van der Waals surface area contributed by atoms with Gasteiger partial charge in [-0.05, 0) is 12.8 Å². The monoisotopic (exact) mass is 143 g/mol. The first-order chi connectivity index (χ1) is 4.51. The van der Waals surface area contributed by atoms with Crippen LogP contribution in [-0.4, -0.2) is 16.7 Å². The van der Waals surface area contributed by atoms with Gasteiger partial charge in [0.2, 0.25) is 0 Å². The minimum Gasteiger partial charge on any atom is -0.388 e. The molecule has 2 nitrogen and oxygen atoms in total. The Labute approximate surface area is 62.4 Å². The van der Waals surface area contributed by atoms with E-state index in [-0.39, 0.29) is 6.04 Å². The zero-order chi connectivity index (χ0) is 7.94. The summed E-state index contributed by atoms with van der Waals surface area (Å²) in [6, 6.07) is 0.0162. The Kier molecular flexibility index (Phi) is 1.77. The molecule has 0 aliphatic heterocycles. The van der Waals surface area contributed by atoms with Crippen molar-refractivity contribution in [2.45, 2.75) is 38.8 Å². The molecule has 60 valence electrons. The molecule has 3 N–H and O–H groups in total. The van der Waals surface area contributed by atoms with Crippen LogP contribution in [0.1, 0.15) is 27.2 Å². The summed E-state index contributed by atoms with van der Waals surface area (Å²) < 4.78 is 0. The normalized spacial score (nSPS) is 48.9. The van der Waals surface area contributed by atoms with Gasteiger partial charge in [-0.25, -0.2) is 0 Å². The van der Waals surface area contributed by atoms with Crippen LogP contribution in [0.5, 0.6) is 0 Å². The second kappa shape index (κ2) is 2.21. The van der Waals surface area contributed by atoms with Crippen LogP contribution in [-0.2, 0) is 0 Å². The van der Waals surface area contributed by atoms with Crippen molar-refractivity contribution in [3.05, 3.63) is 0 Å². The lowest BCUT2D eigenvalue weighted by atomic mass is 10.0. The zero-order valence-electron chi connectivity index (χ0n) is 6.96. The van der Waals surface area contributed by atoms with E-state index in [0.29, 0.717) is 11.8 Å². The summed E-state index contributed by atoms with van der Waals surface area (Å²) in [5.41, 5.74) is 5.10. The van der Waals surface area contributed by atoms with E-state index in [9.17, 15) is 5.11 Å². The molecule has 1 aliphatic carbocycles. The van der Waals surface area contributed by atoms with Crippen LogP contribution >= 0.6 is 0 Å². The summed E-state index contributed by atoms with van der Waals surface area (Å²) in [6.45, 7) is 6.10. The van der Waals surface area contributed by atoms with Crippen LogP contribution in [0.4, 0.5) is 0 Å². The molecule has 4 atom stereocenters. The van der Waals surface area contributed by atoms with Crippen LogP contribution in [0.15, 0.2) is 0 Å². The molecule has 0 heterocycles. The molecule has 2 heteroatoms. The molecule has 0 aromatic heterocycles. The summed E-state index contributed by atoms with van der Waals surface area (Å²) in [6.07, 6.45) is 1.11. The van der Waals surface area contributed by atoms with E-state index in [2.05, 4.69) is 13.8 Å². The van der Waals surface area contributed by atoms with Gasteiger partial charge in [-0.15, -0.1) is 0 Å². The molecular formula is C8H17NO. The number of nitrogens with two attached hydrogens (primary N) is 1. The standard InChI is InChI=1S/C8H17NO/c1-4-5(2)6-7(9)8(6,3)10/h5-7,10H,4,9H2,1-3H3. The lowest BCUT2D eigenvalue weighted by molar-refractivity contribution is 0.135. The van der Waals surface area contributed by atoms with Gasteiger partial charge in [-0.1, -0.05) is 20.3 Å². The number of hydrogen-bond donors (Lipinski definition) is 2. The third kappa shape index (κ3) is 0.956. The highest BCUT2D eigenvalue weighted by Crippen LogP contribution is 2.47. The maximum atomic E-state index is 9.54. The third-order valence-electron chi connectivity index (χ3n) is 2.88. The van der Waals surface area contributed by atoms with Crippen molar-refractivity contribution in [3.63, 3.8) is 0 Å². The first-order valence-electron chi connectivity index (χ1n) is 3.99. The van der Waals surface area contributed by atoms with E-state index in [0.717, 1.165) is 6.42 Å². The largest absolute Gasteiger partial charge is 0.388 e. The van der Waals surface area contributed by atoms with Crippen molar-refractivity contribution in [2.75, 3.05) is 0 Å². The average molecular weight is 143 g/mol. The maximum Gasteiger partial charge on any atom is 0.0820 e. The minimum atomic E-state index is -0.574. The fourth-order valence-electron chi connectivity index (χ4n) is 1.75. The lowest BCUT2D eigenvalue weighted by Gasteiger charge is -2.07. The van der Waals surface area contributed by atoms with Gasteiger partial charge in [0.25, 0.3) is 0 Å². The molecule has 0 bridgehead atoms. The highest BCUT2D eigenvalue weighted by atomic mass is 16.3.